The average Bonchev–Trinajstić information content (AvgIpc) is 2.92. The number of fused-ring (bicyclic) bond motifs is 5. The molecule has 0 heterocycles. The number of Topliss-reactive ketones (excluding diaryl/α,β-unsaturated/α-hetero) is 1. The molecule has 4 rings (SSSR count). The second kappa shape index (κ2) is 5.81. The Morgan fingerprint density at radius 3 is 2.42 bits per heavy atom. The monoisotopic (exact) mass is 334 g/mol. The van der Waals surface area contributed by atoms with Gasteiger partial charge in [-0.2, -0.15) is 0 Å². The molecule has 4 fully saturated rings. The van der Waals surface area contributed by atoms with Crippen LogP contribution in [0.5, 0.6) is 0 Å². The van der Waals surface area contributed by atoms with Gasteiger partial charge in [0.15, 0.2) is 5.78 Å². The Bertz CT molecular complexity index is 517. The van der Waals surface area contributed by atoms with E-state index >= 15 is 0 Å². The fourth-order valence-corrected chi connectivity index (χ4v) is 7.87. The Morgan fingerprint density at radius 2 is 1.67 bits per heavy atom. The molecular formula is C21H34O3. The molecule has 3 nitrogen and oxygen atoms in total. The highest BCUT2D eigenvalue weighted by Gasteiger charge is 2.60. The first kappa shape index (κ1) is 17.0. The van der Waals surface area contributed by atoms with E-state index in [9.17, 15) is 15.0 Å². The van der Waals surface area contributed by atoms with Crippen molar-refractivity contribution < 1.29 is 15.0 Å². The molecule has 0 aromatic heterocycles. The molecule has 24 heavy (non-hydrogen) atoms. The van der Waals surface area contributed by atoms with E-state index in [4.69, 9.17) is 0 Å². The fourth-order valence-electron chi connectivity index (χ4n) is 7.87. The zero-order valence-corrected chi connectivity index (χ0v) is 15.3. The van der Waals surface area contributed by atoms with Gasteiger partial charge in [0.05, 0.1) is 6.10 Å². The van der Waals surface area contributed by atoms with Crippen molar-refractivity contribution in [3.63, 3.8) is 0 Å². The van der Waals surface area contributed by atoms with Crippen molar-refractivity contribution in [1.82, 2.24) is 0 Å². The molecule has 0 radical (unpaired) electrons. The van der Waals surface area contributed by atoms with Gasteiger partial charge < -0.3 is 10.2 Å². The third-order valence-corrected chi connectivity index (χ3v) is 9.18. The van der Waals surface area contributed by atoms with Gasteiger partial charge >= 0.3 is 0 Å². The summed E-state index contributed by atoms with van der Waals surface area (Å²) in [5, 5.41) is 19.5. The lowest BCUT2D eigenvalue weighted by Gasteiger charge is -2.60. The molecule has 3 unspecified atom stereocenters. The minimum Gasteiger partial charge on any atom is -0.393 e. The SMILES string of the molecule is C[C@]12CCC3C(CC[C@H]4C[C@H](O)CC[C@]34C)C1CC[C@@H]2C(=O)CO. The zero-order valence-electron chi connectivity index (χ0n) is 15.3. The first-order valence-electron chi connectivity index (χ1n) is 10.2. The van der Waals surface area contributed by atoms with Crippen molar-refractivity contribution in [2.24, 2.45) is 40.4 Å². The third kappa shape index (κ3) is 2.26. The van der Waals surface area contributed by atoms with E-state index in [0.717, 1.165) is 37.5 Å². The molecule has 0 aromatic carbocycles. The summed E-state index contributed by atoms with van der Waals surface area (Å²) in [6.07, 6.45) is 10.2. The number of ketones is 1. The van der Waals surface area contributed by atoms with Crippen molar-refractivity contribution in [1.29, 1.82) is 0 Å². The fraction of sp³-hybridized carbons (Fsp3) is 0.952. The summed E-state index contributed by atoms with van der Waals surface area (Å²) in [4.78, 5) is 12.3. The Morgan fingerprint density at radius 1 is 0.958 bits per heavy atom. The molecule has 8 atom stereocenters. The van der Waals surface area contributed by atoms with Gasteiger partial charge in [0.2, 0.25) is 0 Å². The predicted molar refractivity (Wildman–Crippen MR) is 93.3 cm³/mol. The summed E-state index contributed by atoms with van der Waals surface area (Å²) in [6.45, 7) is 4.57. The number of hydrogen-bond donors (Lipinski definition) is 2. The summed E-state index contributed by atoms with van der Waals surface area (Å²) in [5.41, 5.74) is 0.529. The molecule has 3 heteroatoms. The van der Waals surface area contributed by atoms with Gasteiger partial charge in [-0.25, -0.2) is 0 Å². The highest BCUT2D eigenvalue weighted by Crippen LogP contribution is 2.67. The van der Waals surface area contributed by atoms with Crippen molar-refractivity contribution >= 4 is 5.78 Å². The van der Waals surface area contributed by atoms with E-state index in [1.54, 1.807) is 0 Å². The van der Waals surface area contributed by atoms with Crippen LogP contribution in [-0.4, -0.2) is 28.7 Å². The van der Waals surface area contributed by atoms with Gasteiger partial charge in [-0.1, -0.05) is 13.8 Å². The quantitative estimate of drug-likeness (QED) is 0.812. The molecule has 4 aliphatic rings. The maximum atomic E-state index is 12.3. The summed E-state index contributed by atoms with van der Waals surface area (Å²) >= 11 is 0. The molecular weight excluding hydrogens is 300 g/mol. The number of carbonyl (C=O) groups excluding carboxylic acids is 1. The molecule has 4 aliphatic carbocycles. The zero-order chi connectivity index (χ0) is 17.1. The average molecular weight is 335 g/mol. The van der Waals surface area contributed by atoms with Gasteiger partial charge in [0.1, 0.15) is 6.61 Å². The third-order valence-electron chi connectivity index (χ3n) is 9.18. The molecule has 0 saturated heterocycles. The largest absolute Gasteiger partial charge is 0.393 e. The Balaban J connectivity index is 1.60. The number of aliphatic hydroxyl groups is 2. The Hall–Kier alpha value is -0.410. The first-order valence-corrected chi connectivity index (χ1v) is 10.2. The molecule has 0 amide bonds. The number of aliphatic hydroxyl groups excluding tert-OH is 2. The Labute approximate surface area is 146 Å². The van der Waals surface area contributed by atoms with E-state index in [0.29, 0.717) is 17.3 Å². The molecule has 2 N–H and O–H groups in total. The lowest BCUT2D eigenvalue weighted by atomic mass is 9.44. The van der Waals surface area contributed by atoms with E-state index in [1.165, 1.54) is 32.1 Å². The van der Waals surface area contributed by atoms with Gasteiger partial charge in [-0.3, -0.25) is 4.79 Å². The van der Waals surface area contributed by atoms with Crippen molar-refractivity contribution in [2.45, 2.75) is 77.7 Å². The van der Waals surface area contributed by atoms with Crippen LogP contribution in [0.25, 0.3) is 0 Å². The number of carbonyl (C=O) groups is 1. The number of hydrogen-bond acceptors (Lipinski definition) is 3. The number of rotatable bonds is 2. The second-order valence-corrected chi connectivity index (χ2v) is 9.88. The lowest BCUT2D eigenvalue weighted by Crippen LogP contribution is -2.54. The summed E-state index contributed by atoms with van der Waals surface area (Å²) in [5.74, 6) is 3.08. The van der Waals surface area contributed by atoms with Gasteiger partial charge in [-0.15, -0.1) is 0 Å². The molecule has 0 aromatic rings. The van der Waals surface area contributed by atoms with Gasteiger partial charge in [0, 0.05) is 5.92 Å². The van der Waals surface area contributed by atoms with Crippen LogP contribution >= 0.6 is 0 Å². The van der Waals surface area contributed by atoms with E-state index < -0.39 is 0 Å². The van der Waals surface area contributed by atoms with Crippen molar-refractivity contribution in [3.8, 4) is 0 Å². The van der Waals surface area contributed by atoms with E-state index in [-0.39, 0.29) is 29.8 Å². The lowest BCUT2D eigenvalue weighted by molar-refractivity contribution is -0.141. The normalized spacial score (nSPS) is 53.8. The van der Waals surface area contributed by atoms with Crippen molar-refractivity contribution in [3.05, 3.63) is 0 Å². The van der Waals surface area contributed by atoms with Crippen molar-refractivity contribution in [2.75, 3.05) is 6.61 Å². The van der Waals surface area contributed by atoms with Crippen LogP contribution in [0, 0.1) is 40.4 Å². The van der Waals surface area contributed by atoms with Crippen LogP contribution in [0.3, 0.4) is 0 Å². The van der Waals surface area contributed by atoms with Crippen LogP contribution in [0.4, 0.5) is 0 Å². The molecule has 0 bridgehead atoms. The summed E-state index contributed by atoms with van der Waals surface area (Å²) in [6, 6.07) is 0. The Kier molecular flexibility index (Phi) is 4.12. The van der Waals surface area contributed by atoms with Crippen LogP contribution in [0.1, 0.15) is 71.6 Å². The van der Waals surface area contributed by atoms with Crippen LogP contribution < -0.4 is 0 Å². The van der Waals surface area contributed by atoms with Crippen LogP contribution in [0.2, 0.25) is 0 Å². The maximum absolute atomic E-state index is 12.3. The molecule has 0 spiro atoms. The topological polar surface area (TPSA) is 57.5 Å². The molecule has 0 aliphatic heterocycles. The standard InChI is InChI=1S/C21H34O3/c1-20-9-7-14(23)11-13(20)3-4-15-16-5-6-18(19(24)12-22)21(16,2)10-8-17(15)20/h13-18,22-23H,3-12H2,1-2H3/t13-,14+,15?,16?,17?,18+,20-,21-/m0/s1. The first-order chi connectivity index (χ1) is 11.4. The van der Waals surface area contributed by atoms with Gasteiger partial charge in [0.25, 0.3) is 0 Å². The maximum Gasteiger partial charge on any atom is 0.161 e. The van der Waals surface area contributed by atoms with E-state index in [2.05, 4.69) is 13.8 Å². The predicted octanol–water partition coefficient (Wildman–Crippen LogP) is 3.57. The van der Waals surface area contributed by atoms with Crippen LogP contribution in [0.15, 0.2) is 0 Å². The summed E-state index contributed by atoms with van der Waals surface area (Å²) < 4.78 is 0. The summed E-state index contributed by atoms with van der Waals surface area (Å²) in [7, 11) is 0. The second-order valence-electron chi connectivity index (χ2n) is 9.88. The van der Waals surface area contributed by atoms with Crippen LogP contribution in [-0.2, 0) is 4.79 Å². The minimum atomic E-state index is -0.279. The van der Waals surface area contributed by atoms with Gasteiger partial charge in [-0.05, 0) is 92.3 Å². The molecule has 136 valence electrons. The highest BCUT2D eigenvalue weighted by molar-refractivity contribution is 5.83. The van der Waals surface area contributed by atoms with E-state index in [1.807, 2.05) is 0 Å². The minimum absolute atomic E-state index is 0.0773. The highest BCUT2D eigenvalue weighted by atomic mass is 16.3. The molecule has 4 saturated carbocycles. The smallest absolute Gasteiger partial charge is 0.161 e.